The quantitative estimate of drug-likeness (QED) is 0.470. The number of aliphatic hydroxyl groups is 1. The number of ether oxygens (including phenoxy) is 1. The molecular formula is C30H34ClN3O2. The van der Waals surface area contributed by atoms with Gasteiger partial charge in [0, 0.05) is 60.3 Å². The summed E-state index contributed by atoms with van der Waals surface area (Å²) in [5.41, 5.74) is 5.36. The second kappa shape index (κ2) is 10.3. The van der Waals surface area contributed by atoms with E-state index in [1.165, 1.54) is 5.69 Å². The number of aromatic nitrogens is 1. The summed E-state index contributed by atoms with van der Waals surface area (Å²) in [6, 6.07) is 18.7. The third-order valence-electron chi connectivity index (χ3n) is 7.18. The molecule has 1 N–H and O–H groups in total. The number of pyridine rings is 1. The summed E-state index contributed by atoms with van der Waals surface area (Å²) in [7, 11) is 0. The molecule has 2 aliphatic heterocycles. The zero-order valence-corrected chi connectivity index (χ0v) is 22.0. The van der Waals surface area contributed by atoms with Gasteiger partial charge in [-0.1, -0.05) is 29.8 Å². The molecule has 5 rings (SSSR count). The molecule has 188 valence electrons. The van der Waals surface area contributed by atoms with Crippen molar-refractivity contribution >= 4 is 22.9 Å². The van der Waals surface area contributed by atoms with Crippen LogP contribution in [0.15, 0.2) is 66.9 Å². The van der Waals surface area contributed by atoms with Crippen molar-refractivity contribution in [1.29, 1.82) is 0 Å². The molecule has 1 aromatic heterocycles. The van der Waals surface area contributed by atoms with Crippen molar-refractivity contribution in [2.75, 3.05) is 31.1 Å². The van der Waals surface area contributed by atoms with Crippen LogP contribution < -0.4 is 9.64 Å². The molecule has 1 saturated heterocycles. The molecule has 1 atom stereocenters. The lowest BCUT2D eigenvalue weighted by Crippen LogP contribution is -2.52. The van der Waals surface area contributed by atoms with Crippen LogP contribution in [0.4, 0.5) is 5.69 Å². The number of anilines is 1. The lowest BCUT2D eigenvalue weighted by Gasteiger charge is -2.41. The van der Waals surface area contributed by atoms with Crippen molar-refractivity contribution in [3.8, 4) is 5.75 Å². The van der Waals surface area contributed by atoms with Gasteiger partial charge >= 0.3 is 0 Å². The first-order valence-corrected chi connectivity index (χ1v) is 13.1. The van der Waals surface area contributed by atoms with E-state index in [1.807, 2.05) is 50.4 Å². The van der Waals surface area contributed by atoms with Gasteiger partial charge < -0.3 is 14.7 Å². The topological polar surface area (TPSA) is 48.8 Å². The SMILES string of the molecule is C[C@H]1CN(CC/C=C2/c3cc(C(C)(C)O)ccc3OCc3ncccc32)CCN1c1ccc(Cl)cc1. The Labute approximate surface area is 219 Å². The molecule has 1 fully saturated rings. The zero-order valence-electron chi connectivity index (χ0n) is 21.2. The van der Waals surface area contributed by atoms with Gasteiger partial charge in [-0.3, -0.25) is 9.88 Å². The van der Waals surface area contributed by atoms with Gasteiger partial charge in [0.05, 0.1) is 11.3 Å². The van der Waals surface area contributed by atoms with E-state index >= 15 is 0 Å². The zero-order chi connectivity index (χ0) is 25.3. The molecule has 0 radical (unpaired) electrons. The lowest BCUT2D eigenvalue weighted by molar-refractivity contribution is 0.0785. The van der Waals surface area contributed by atoms with Gasteiger partial charge in [-0.05, 0) is 80.8 Å². The number of benzene rings is 2. The summed E-state index contributed by atoms with van der Waals surface area (Å²) in [4.78, 5) is 9.60. The first-order valence-electron chi connectivity index (χ1n) is 12.7. The monoisotopic (exact) mass is 503 g/mol. The summed E-state index contributed by atoms with van der Waals surface area (Å²) in [6.45, 7) is 10.4. The van der Waals surface area contributed by atoms with Gasteiger partial charge in [-0.15, -0.1) is 0 Å². The van der Waals surface area contributed by atoms with E-state index in [0.29, 0.717) is 12.6 Å². The Hall–Kier alpha value is -2.86. The van der Waals surface area contributed by atoms with Crippen LogP contribution in [0.25, 0.3) is 5.57 Å². The van der Waals surface area contributed by atoms with E-state index in [0.717, 1.165) is 71.3 Å². The number of halogens is 1. The average Bonchev–Trinajstić information content (AvgIpc) is 3.01. The number of hydrogen-bond acceptors (Lipinski definition) is 5. The standard InChI is InChI=1S/C30H34ClN3O2/c1-21-19-33(16-17-34(21)24-11-9-23(31)10-12-24)15-5-7-25-26-6-4-14-32-28(26)20-36-29-13-8-22(18-27(25)29)30(2,3)35/h4,6-14,18,21,35H,5,15-17,19-20H2,1-3H3/b25-7+/t21-/m0/s1. The third kappa shape index (κ3) is 5.29. The Morgan fingerprint density at radius 2 is 1.92 bits per heavy atom. The molecule has 0 bridgehead atoms. The smallest absolute Gasteiger partial charge is 0.131 e. The highest BCUT2D eigenvalue weighted by molar-refractivity contribution is 6.30. The fourth-order valence-corrected chi connectivity index (χ4v) is 5.33. The van der Waals surface area contributed by atoms with Crippen molar-refractivity contribution in [3.05, 3.63) is 94.3 Å². The van der Waals surface area contributed by atoms with Gasteiger partial charge in [0.15, 0.2) is 0 Å². The van der Waals surface area contributed by atoms with Crippen molar-refractivity contribution < 1.29 is 9.84 Å². The summed E-state index contributed by atoms with van der Waals surface area (Å²) in [5.74, 6) is 0.831. The van der Waals surface area contributed by atoms with Crippen LogP contribution in [0.5, 0.6) is 5.75 Å². The van der Waals surface area contributed by atoms with Crippen LogP contribution in [-0.4, -0.2) is 47.2 Å². The lowest BCUT2D eigenvalue weighted by atomic mass is 9.90. The Bertz CT molecular complexity index is 1250. The molecular weight excluding hydrogens is 470 g/mol. The minimum Gasteiger partial charge on any atom is -0.487 e. The van der Waals surface area contributed by atoms with E-state index in [2.05, 4.69) is 52.0 Å². The maximum Gasteiger partial charge on any atom is 0.131 e. The molecule has 0 aliphatic carbocycles. The number of fused-ring (bicyclic) bond motifs is 2. The van der Waals surface area contributed by atoms with E-state index in [9.17, 15) is 5.11 Å². The van der Waals surface area contributed by atoms with Crippen LogP contribution in [-0.2, 0) is 12.2 Å². The minimum absolute atomic E-state index is 0.429. The normalized spacial score (nSPS) is 19.4. The molecule has 5 nitrogen and oxygen atoms in total. The van der Waals surface area contributed by atoms with E-state index < -0.39 is 5.60 Å². The summed E-state index contributed by atoms with van der Waals surface area (Å²) in [5, 5.41) is 11.4. The summed E-state index contributed by atoms with van der Waals surface area (Å²) < 4.78 is 6.14. The average molecular weight is 504 g/mol. The largest absolute Gasteiger partial charge is 0.487 e. The van der Waals surface area contributed by atoms with Crippen molar-refractivity contribution in [3.63, 3.8) is 0 Å². The number of piperazine rings is 1. The first kappa shape index (κ1) is 24.8. The second-order valence-electron chi connectivity index (χ2n) is 10.3. The van der Waals surface area contributed by atoms with Crippen molar-refractivity contribution in [1.82, 2.24) is 9.88 Å². The third-order valence-corrected chi connectivity index (χ3v) is 7.44. The molecule has 2 aliphatic rings. The Morgan fingerprint density at radius 3 is 2.67 bits per heavy atom. The number of rotatable bonds is 5. The number of nitrogens with zero attached hydrogens (tertiary/aromatic N) is 3. The first-order chi connectivity index (χ1) is 17.3. The van der Waals surface area contributed by atoms with Crippen LogP contribution in [0, 0.1) is 0 Å². The maximum atomic E-state index is 10.6. The molecule has 6 heteroatoms. The molecule has 0 saturated carbocycles. The highest BCUT2D eigenvalue weighted by Gasteiger charge is 2.25. The molecule has 0 amide bonds. The Morgan fingerprint density at radius 1 is 1.11 bits per heavy atom. The van der Waals surface area contributed by atoms with Gasteiger partial charge in [-0.2, -0.15) is 0 Å². The maximum absolute atomic E-state index is 10.6. The van der Waals surface area contributed by atoms with Crippen LogP contribution in [0.2, 0.25) is 5.02 Å². The fraction of sp³-hybridized carbons (Fsp3) is 0.367. The molecule has 0 spiro atoms. The van der Waals surface area contributed by atoms with Gasteiger partial charge in [0.2, 0.25) is 0 Å². The van der Waals surface area contributed by atoms with Gasteiger partial charge in [0.1, 0.15) is 12.4 Å². The molecule has 3 heterocycles. The highest BCUT2D eigenvalue weighted by atomic mass is 35.5. The molecule has 2 aromatic carbocycles. The van der Waals surface area contributed by atoms with Crippen LogP contribution in [0.3, 0.4) is 0 Å². The predicted molar refractivity (Wildman–Crippen MR) is 147 cm³/mol. The van der Waals surface area contributed by atoms with E-state index in [1.54, 1.807) is 0 Å². The Balaban J connectivity index is 1.35. The van der Waals surface area contributed by atoms with Crippen molar-refractivity contribution in [2.45, 2.75) is 45.4 Å². The summed E-state index contributed by atoms with van der Waals surface area (Å²) in [6.07, 6.45) is 5.06. The van der Waals surface area contributed by atoms with Gasteiger partial charge in [0.25, 0.3) is 0 Å². The predicted octanol–water partition coefficient (Wildman–Crippen LogP) is 5.89. The van der Waals surface area contributed by atoms with Crippen molar-refractivity contribution in [2.24, 2.45) is 0 Å². The van der Waals surface area contributed by atoms with E-state index in [4.69, 9.17) is 16.3 Å². The number of hydrogen-bond donors (Lipinski definition) is 1. The molecule has 0 unspecified atom stereocenters. The van der Waals surface area contributed by atoms with Crippen LogP contribution in [0.1, 0.15) is 49.6 Å². The second-order valence-corrected chi connectivity index (χ2v) is 10.7. The Kier molecular flexibility index (Phi) is 7.07. The van der Waals surface area contributed by atoms with E-state index in [-0.39, 0.29) is 0 Å². The minimum atomic E-state index is -0.926. The highest BCUT2D eigenvalue weighted by Crippen LogP contribution is 2.38. The molecule has 36 heavy (non-hydrogen) atoms. The van der Waals surface area contributed by atoms with Gasteiger partial charge in [-0.25, -0.2) is 0 Å². The fourth-order valence-electron chi connectivity index (χ4n) is 5.20. The van der Waals surface area contributed by atoms with Crippen LogP contribution >= 0.6 is 11.6 Å². The molecule has 3 aromatic rings. The summed E-state index contributed by atoms with van der Waals surface area (Å²) >= 11 is 6.08.